The first-order valence-corrected chi connectivity index (χ1v) is 8.10. The van der Waals surface area contributed by atoms with Crippen LogP contribution in [0.3, 0.4) is 0 Å². The van der Waals surface area contributed by atoms with E-state index in [2.05, 4.69) is 9.88 Å². The van der Waals surface area contributed by atoms with Crippen molar-refractivity contribution in [3.05, 3.63) is 48.0 Å². The van der Waals surface area contributed by atoms with Gasteiger partial charge >= 0.3 is 0 Å². The number of piperidine rings is 1. The first-order valence-electron chi connectivity index (χ1n) is 8.10. The van der Waals surface area contributed by atoms with Crippen LogP contribution in [0.5, 0.6) is 0 Å². The average Bonchev–Trinajstić information content (AvgIpc) is 3.00. The van der Waals surface area contributed by atoms with Crippen LogP contribution in [-0.4, -0.2) is 35.9 Å². The van der Waals surface area contributed by atoms with Crippen LogP contribution in [0, 0.1) is 12.8 Å². The highest BCUT2D eigenvalue weighted by molar-refractivity contribution is 5.79. The molecule has 122 valence electrons. The van der Waals surface area contributed by atoms with Crippen molar-refractivity contribution in [2.45, 2.75) is 26.3 Å². The van der Waals surface area contributed by atoms with Crippen molar-refractivity contribution in [2.24, 2.45) is 5.92 Å². The Bertz CT molecular complexity index is 653. The van der Waals surface area contributed by atoms with Crippen molar-refractivity contribution in [3.63, 3.8) is 0 Å². The molecule has 0 saturated carbocycles. The molecule has 0 N–H and O–H groups in total. The Labute approximate surface area is 136 Å². The van der Waals surface area contributed by atoms with Crippen LogP contribution in [0.25, 0.3) is 0 Å². The topological polar surface area (TPSA) is 49.6 Å². The summed E-state index contributed by atoms with van der Waals surface area (Å²) >= 11 is 0. The lowest BCUT2D eigenvalue weighted by atomic mass is 9.96. The third-order valence-corrected chi connectivity index (χ3v) is 4.31. The Kier molecular flexibility index (Phi) is 4.65. The molecule has 1 fully saturated rings. The maximum atomic E-state index is 12.7. The van der Waals surface area contributed by atoms with Crippen LogP contribution in [0.4, 0.5) is 5.82 Å². The fourth-order valence-electron chi connectivity index (χ4n) is 3.12. The van der Waals surface area contributed by atoms with Gasteiger partial charge < -0.3 is 14.2 Å². The van der Waals surface area contributed by atoms with Crippen molar-refractivity contribution in [3.8, 4) is 0 Å². The summed E-state index contributed by atoms with van der Waals surface area (Å²) in [6.45, 7) is 4.13. The highest BCUT2D eigenvalue weighted by Crippen LogP contribution is 2.23. The zero-order valence-electron chi connectivity index (χ0n) is 13.7. The lowest BCUT2D eigenvalue weighted by Gasteiger charge is -2.34. The van der Waals surface area contributed by atoms with Gasteiger partial charge in [0.15, 0.2) is 0 Å². The highest BCUT2D eigenvalue weighted by atomic mass is 16.3. The fourth-order valence-corrected chi connectivity index (χ4v) is 3.12. The summed E-state index contributed by atoms with van der Waals surface area (Å²) in [7, 11) is 1.85. The second kappa shape index (κ2) is 6.86. The number of carbonyl (C=O) groups is 1. The number of hydrogen-bond donors (Lipinski definition) is 0. The number of rotatable bonds is 4. The predicted molar refractivity (Wildman–Crippen MR) is 89.1 cm³/mol. The Morgan fingerprint density at radius 2 is 2.26 bits per heavy atom. The maximum absolute atomic E-state index is 12.7. The molecule has 1 aliphatic rings. The minimum absolute atomic E-state index is 0.0202. The number of aromatic nitrogens is 1. The molecule has 0 radical (unpaired) electrons. The van der Waals surface area contributed by atoms with Gasteiger partial charge in [-0.25, -0.2) is 4.98 Å². The van der Waals surface area contributed by atoms with Crippen LogP contribution in [-0.2, 0) is 11.3 Å². The van der Waals surface area contributed by atoms with E-state index in [4.69, 9.17) is 4.42 Å². The third-order valence-electron chi connectivity index (χ3n) is 4.31. The number of carbonyl (C=O) groups excluding carboxylic acids is 1. The summed E-state index contributed by atoms with van der Waals surface area (Å²) in [5, 5.41) is 0. The van der Waals surface area contributed by atoms with Gasteiger partial charge in [0.05, 0.1) is 12.5 Å². The Morgan fingerprint density at radius 1 is 1.39 bits per heavy atom. The van der Waals surface area contributed by atoms with Crippen LogP contribution in [0.1, 0.15) is 24.4 Å². The van der Waals surface area contributed by atoms with Crippen molar-refractivity contribution in [1.29, 1.82) is 0 Å². The lowest BCUT2D eigenvalue weighted by molar-refractivity contribution is -0.135. The van der Waals surface area contributed by atoms with Gasteiger partial charge in [0, 0.05) is 26.3 Å². The van der Waals surface area contributed by atoms with Gasteiger partial charge in [-0.1, -0.05) is 6.07 Å². The Morgan fingerprint density at radius 3 is 2.96 bits per heavy atom. The Hall–Kier alpha value is -2.30. The molecule has 2 aromatic heterocycles. The van der Waals surface area contributed by atoms with E-state index in [0.717, 1.165) is 43.3 Å². The van der Waals surface area contributed by atoms with Crippen LogP contribution in [0.2, 0.25) is 0 Å². The van der Waals surface area contributed by atoms with Gasteiger partial charge in [-0.2, -0.15) is 0 Å². The number of anilines is 1. The molecular weight excluding hydrogens is 290 g/mol. The van der Waals surface area contributed by atoms with E-state index in [1.807, 2.05) is 44.3 Å². The molecule has 1 atom stereocenters. The summed E-state index contributed by atoms with van der Waals surface area (Å²) in [5.41, 5.74) is 0. The maximum Gasteiger partial charge on any atom is 0.227 e. The van der Waals surface area contributed by atoms with E-state index in [1.165, 1.54) is 0 Å². The van der Waals surface area contributed by atoms with E-state index < -0.39 is 0 Å². The van der Waals surface area contributed by atoms with E-state index >= 15 is 0 Å². The van der Waals surface area contributed by atoms with Crippen LogP contribution >= 0.6 is 0 Å². The molecule has 2 aromatic rings. The van der Waals surface area contributed by atoms with Gasteiger partial charge in [0.2, 0.25) is 5.91 Å². The molecule has 1 unspecified atom stereocenters. The fraction of sp³-hybridized carbons (Fsp3) is 0.444. The number of nitrogens with zero attached hydrogens (tertiary/aromatic N) is 3. The normalized spacial score (nSPS) is 18.0. The number of hydrogen-bond acceptors (Lipinski definition) is 4. The molecular formula is C18H23N3O2. The zero-order valence-corrected chi connectivity index (χ0v) is 13.7. The predicted octanol–water partition coefficient (Wildman–Crippen LogP) is 2.86. The second-order valence-electron chi connectivity index (χ2n) is 6.18. The SMILES string of the molecule is Cc1ccc(CN(C)C(=O)C2CCCN(c3ccccn3)C2)o1. The molecule has 3 heterocycles. The summed E-state index contributed by atoms with van der Waals surface area (Å²) < 4.78 is 5.57. The van der Waals surface area contributed by atoms with Gasteiger partial charge in [-0.05, 0) is 44.0 Å². The lowest BCUT2D eigenvalue weighted by Crippen LogP contribution is -2.43. The number of aryl methyl sites for hydroxylation is 1. The third kappa shape index (κ3) is 3.73. The van der Waals surface area contributed by atoms with E-state index in [1.54, 1.807) is 11.1 Å². The summed E-state index contributed by atoms with van der Waals surface area (Å²) in [6, 6.07) is 9.76. The molecule has 3 rings (SSSR count). The molecule has 23 heavy (non-hydrogen) atoms. The first kappa shape index (κ1) is 15.6. The highest BCUT2D eigenvalue weighted by Gasteiger charge is 2.28. The number of pyridine rings is 1. The largest absolute Gasteiger partial charge is 0.464 e. The molecule has 5 heteroatoms. The van der Waals surface area contributed by atoms with E-state index in [-0.39, 0.29) is 11.8 Å². The molecule has 1 amide bonds. The molecule has 0 aromatic carbocycles. The van der Waals surface area contributed by atoms with Crippen molar-refractivity contribution < 1.29 is 9.21 Å². The molecule has 0 spiro atoms. The van der Waals surface area contributed by atoms with Gasteiger partial charge in [0.25, 0.3) is 0 Å². The average molecular weight is 313 g/mol. The quantitative estimate of drug-likeness (QED) is 0.871. The minimum atomic E-state index is 0.0202. The molecule has 1 aliphatic heterocycles. The Balaban J connectivity index is 1.62. The van der Waals surface area contributed by atoms with E-state index in [9.17, 15) is 4.79 Å². The summed E-state index contributed by atoms with van der Waals surface area (Å²) in [5.74, 6) is 2.86. The molecule has 1 saturated heterocycles. The minimum Gasteiger partial charge on any atom is -0.464 e. The van der Waals surface area contributed by atoms with Crippen molar-refractivity contribution in [1.82, 2.24) is 9.88 Å². The monoisotopic (exact) mass is 313 g/mol. The molecule has 0 aliphatic carbocycles. The van der Waals surface area contributed by atoms with Crippen molar-refractivity contribution >= 4 is 11.7 Å². The smallest absolute Gasteiger partial charge is 0.227 e. The summed E-state index contributed by atoms with van der Waals surface area (Å²) in [6.07, 6.45) is 3.75. The molecule has 5 nitrogen and oxygen atoms in total. The van der Waals surface area contributed by atoms with Gasteiger partial charge in [-0.3, -0.25) is 4.79 Å². The van der Waals surface area contributed by atoms with Crippen LogP contribution < -0.4 is 4.90 Å². The number of furan rings is 1. The number of amides is 1. The standard InChI is InChI=1S/C18H23N3O2/c1-14-8-9-16(23-14)13-20(2)18(22)15-6-5-11-21(12-15)17-7-3-4-10-19-17/h3-4,7-10,15H,5-6,11-13H2,1-2H3. The van der Waals surface area contributed by atoms with Crippen LogP contribution in [0.15, 0.2) is 40.9 Å². The zero-order chi connectivity index (χ0) is 16.2. The van der Waals surface area contributed by atoms with Gasteiger partial charge in [0.1, 0.15) is 17.3 Å². The first-order chi connectivity index (χ1) is 11.1. The van der Waals surface area contributed by atoms with Gasteiger partial charge in [-0.15, -0.1) is 0 Å². The molecule has 0 bridgehead atoms. The summed E-state index contributed by atoms with van der Waals surface area (Å²) in [4.78, 5) is 21.1. The second-order valence-corrected chi connectivity index (χ2v) is 6.18. The van der Waals surface area contributed by atoms with E-state index in [0.29, 0.717) is 6.54 Å². The van der Waals surface area contributed by atoms with Crippen molar-refractivity contribution in [2.75, 3.05) is 25.0 Å².